The summed E-state index contributed by atoms with van der Waals surface area (Å²) in [7, 11) is 1.69. The molecular formula is C23H18N2O3. The van der Waals surface area contributed by atoms with Crippen LogP contribution >= 0.6 is 0 Å². The first-order valence-corrected chi connectivity index (χ1v) is 8.98. The van der Waals surface area contributed by atoms with Crippen molar-refractivity contribution in [1.29, 1.82) is 5.26 Å². The van der Waals surface area contributed by atoms with Gasteiger partial charge in [-0.25, -0.2) is 4.79 Å². The lowest BCUT2D eigenvalue weighted by Gasteiger charge is -2.07. The highest BCUT2D eigenvalue weighted by Crippen LogP contribution is 2.35. The van der Waals surface area contributed by atoms with Crippen LogP contribution in [-0.2, 0) is 13.5 Å². The van der Waals surface area contributed by atoms with Gasteiger partial charge in [0.05, 0.1) is 11.8 Å². The number of carboxylic acid groups (broad SMARTS) is 1. The van der Waals surface area contributed by atoms with E-state index in [4.69, 9.17) is 4.42 Å². The summed E-state index contributed by atoms with van der Waals surface area (Å²) in [6, 6.07) is 17.6. The summed E-state index contributed by atoms with van der Waals surface area (Å²) >= 11 is 0. The first kappa shape index (κ1) is 17.6. The molecule has 0 unspecified atom stereocenters. The first-order chi connectivity index (χ1) is 13.6. The number of carboxylic acids is 1. The lowest BCUT2D eigenvalue weighted by Crippen LogP contribution is -2.07. The van der Waals surface area contributed by atoms with Gasteiger partial charge in [0.15, 0.2) is 0 Å². The third-order valence-electron chi connectivity index (χ3n) is 5.13. The van der Waals surface area contributed by atoms with Gasteiger partial charge in [-0.15, -0.1) is 0 Å². The lowest BCUT2D eigenvalue weighted by molar-refractivity contribution is 0.0687. The molecule has 4 rings (SSSR count). The van der Waals surface area contributed by atoms with Gasteiger partial charge >= 0.3 is 5.97 Å². The Morgan fingerprint density at radius 2 is 1.86 bits per heavy atom. The molecule has 2 heterocycles. The van der Waals surface area contributed by atoms with Crippen LogP contribution in [0.5, 0.6) is 0 Å². The number of aromatic carboxylic acids is 1. The molecule has 5 nitrogen and oxygen atoms in total. The molecule has 0 bridgehead atoms. The van der Waals surface area contributed by atoms with Gasteiger partial charge in [-0.3, -0.25) is 0 Å². The maximum absolute atomic E-state index is 11.9. The van der Waals surface area contributed by atoms with Gasteiger partial charge in [0.2, 0.25) is 0 Å². The fourth-order valence-electron chi connectivity index (χ4n) is 3.84. The van der Waals surface area contributed by atoms with E-state index in [0.717, 1.165) is 27.8 Å². The monoisotopic (exact) mass is 370 g/mol. The smallest absolute Gasteiger partial charge is 0.353 e. The predicted molar refractivity (Wildman–Crippen MR) is 107 cm³/mol. The standard InChI is InChI=1S/C23H18N2O3/c1-3-19-18(13-24)20(21(23(26)27)25(19)2)15-9-7-14(8-10-15)17-6-4-5-16-11-12-28-22(16)17/h4-12H,3H2,1-2H3,(H,26,27). The van der Waals surface area contributed by atoms with Crippen LogP contribution in [0.25, 0.3) is 33.2 Å². The molecule has 0 saturated carbocycles. The van der Waals surface area contributed by atoms with Crippen molar-refractivity contribution in [1.82, 2.24) is 4.57 Å². The predicted octanol–water partition coefficient (Wildman–Crippen LogP) is 5.24. The Hall–Kier alpha value is -3.78. The fourth-order valence-corrected chi connectivity index (χ4v) is 3.84. The number of furan rings is 1. The highest BCUT2D eigenvalue weighted by molar-refractivity contribution is 5.98. The highest BCUT2D eigenvalue weighted by atomic mass is 16.4. The third kappa shape index (κ3) is 2.58. The van der Waals surface area contributed by atoms with Gasteiger partial charge in [-0.05, 0) is 23.6 Å². The number of benzene rings is 2. The number of hydrogen-bond acceptors (Lipinski definition) is 3. The Labute approximate surface area is 162 Å². The zero-order chi connectivity index (χ0) is 19.8. The molecule has 0 amide bonds. The number of aromatic nitrogens is 1. The average molecular weight is 370 g/mol. The van der Waals surface area contributed by atoms with Crippen LogP contribution in [0.3, 0.4) is 0 Å². The molecule has 2 aromatic heterocycles. The molecule has 0 spiro atoms. The van der Waals surface area contributed by atoms with E-state index in [9.17, 15) is 15.2 Å². The summed E-state index contributed by atoms with van der Waals surface area (Å²) in [6.07, 6.45) is 2.25. The minimum Gasteiger partial charge on any atom is -0.477 e. The second-order valence-electron chi connectivity index (χ2n) is 6.60. The largest absolute Gasteiger partial charge is 0.477 e. The van der Waals surface area contributed by atoms with E-state index < -0.39 is 5.97 Å². The molecule has 0 aliphatic carbocycles. The fraction of sp³-hybridized carbons (Fsp3) is 0.130. The van der Waals surface area contributed by atoms with Gasteiger partial charge in [0.25, 0.3) is 0 Å². The van der Waals surface area contributed by atoms with Crippen LogP contribution in [0, 0.1) is 11.3 Å². The molecule has 0 fully saturated rings. The van der Waals surface area contributed by atoms with E-state index in [2.05, 4.69) is 6.07 Å². The molecule has 0 aliphatic rings. The molecule has 138 valence electrons. The van der Waals surface area contributed by atoms with Crippen LogP contribution in [0.2, 0.25) is 0 Å². The van der Waals surface area contributed by atoms with Gasteiger partial charge in [-0.1, -0.05) is 49.4 Å². The van der Waals surface area contributed by atoms with Crippen molar-refractivity contribution >= 4 is 16.9 Å². The van der Waals surface area contributed by atoms with E-state index in [1.54, 1.807) is 17.9 Å². The SMILES string of the molecule is CCc1c(C#N)c(-c2ccc(-c3cccc4ccoc34)cc2)c(C(=O)O)n1C. The summed E-state index contributed by atoms with van der Waals surface area (Å²) in [5.74, 6) is -1.04. The quantitative estimate of drug-likeness (QED) is 0.533. The Bertz CT molecular complexity index is 1240. The van der Waals surface area contributed by atoms with Gasteiger partial charge in [-0.2, -0.15) is 5.26 Å². The topological polar surface area (TPSA) is 79.2 Å². The first-order valence-electron chi connectivity index (χ1n) is 8.98. The molecule has 0 radical (unpaired) electrons. The average Bonchev–Trinajstić information content (AvgIpc) is 3.29. The Balaban J connectivity index is 1.88. The Morgan fingerprint density at radius 1 is 1.14 bits per heavy atom. The van der Waals surface area contributed by atoms with Crippen molar-refractivity contribution < 1.29 is 14.3 Å². The van der Waals surface area contributed by atoms with Crippen molar-refractivity contribution in [3.63, 3.8) is 0 Å². The van der Waals surface area contributed by atoms with Crippen LogP contribution in [0.4, 0.5) is 0 Å². The normalized spacial score (nSPS) is 10.9. The van der Waals surface area contributed by atoms with Crippen molar-refractivity contribution in [3.8, 4) is 28.3 Å². The van der Waals surface area contributed by atoms with Crippen molar-refractivity contribution in [2.45, 2.75) is 13.3 Å². The van der Waals surface area contributed by atoms with Crippen LogP contribution in [-0.4, -0.2) is 15.6 Å². The second kappa shape index (κ2) is 6.75. The van der Waals surface area contributed by atoms with Gasteiger partial charge in [0.1, 0.15) is 17.3 Å². The third-order valence-corrected chi connectivity index (χ3v) is 5.13. The van der Waals surface area contributed by atoms with Crippen molar-refractivity contribution in [3.05, 3.63) is 71.7 Å². The molecule has 0 saturated heterocycles. The summed E-state index contributed by atoms with van der Waals surface area (Å²) in [4.78, 5) is 11.9. The molecule has 2 aromatic carbocycles. The van der Waals surface area contributed by atoms with Crippen LogP contribution in [0.1, 0.15) is 28.7 Å². The van der Waals surface area contributed by atoms with E-state index >= 15 is 0 Å². The minimum absolute atomic E-state index is 0.134. The van der Waals surface area contributed by atoms with E-state index in [-0.39, 0.29) is 5.69 Å². The van der Waals surface area contributed by atoms with Crippen LogP contribution in [0.15, 0.2) is 59.2 Å². The summed E-state index contributed by atoms with van der Waals surface area (Å²) in [6.45, 7) is 1.92. The Morgan fingerprint density at radius 3 is 2.50 bits per heavy atom. The maximum Gasteiger partial charge on any atom is 0.353 e. The number of nitrogens with zero attached hydrogens (tertiary/aromatic N) is 2. The van der Waals surface area contributed by atoms with Crippen molar-refractivity contribution in [2.24, 2.45) is 7.05 Å². The lowest BCUT2D eigenvalue weighted by atomic mass is 9.96. The summed E-state index contributed by atoms with van der Waals surface area (Å²) in [5.41, 5.74) is 5.20. The van der Waals surface area contributed by atoms with Crippen LogP contribution < -0.4 is 0 Å². The minimum atomic E-state index is -1.04. The van der Waals surface area contributed by atoms with E-state index in [0.29, 0.717) is 23.1 Å². The van der Waals surface area contributed by atoms with E-state index in [1.807, 2.05) is 55.5 Å². The number of hydrogen-bond donors (Lipinski definition) is 1. The summed E-state index contributed by atoms with van der Waals surface area (Å²) < 4.78 is 7.22. The highest BCUT2D eigenvalue weighted by Gasteiger charge is 2.25. The number of carbonyl (C=O) groups is 1. The van der Waals surface area contributed by atoms with E-state index in [1.165, 1.54) is 0 Å². The molecule has 0 atom stereocenters. The molecule has 28 heavy (non-hydrogen) atoms. The zero-order valence-corrected chi connectivity index (χ0v) is 15.6. The number of fused-ring (bicyclic) bond motifs is 1. The second-order valence-corrected chi connectivity index (χ2v) is 6.60. The summed E-state index contributed by atoms with van der Waals surface area (Å²) in [5, 5.41) is 20.4. The van der Waals surface area contributed by atoms with Gasteiger partial charge in [0, 0.05) is 29.3 Å². The van der Waals surface area contributed by atoms with Gasteiger partial charge < -0.3 is 14.1 Å². The molecular weight excluding hydrogens is 352 g/mol. The Kier molecular flexibility index (Phi) is 4.25. The maximum atomic E-state index is 11.9. The zero-order valence-electron chi connectivity index (χ0n) is 15.6. The number of nitriles is 1. The number of rotatable bonds is 4. The number of para-hydroxylation sites is 1. The molecule has 5 heteroatoms. The molecule has 1 N–H and O–H groups in total. The van der Waals surface area contributed by atoms with Crippen molar-refractivity contribution in [2.75, 3.05) is 0 Å². The molecule has 4 aromatic rings. The molecule has 0 aliphatic heterocycles.